The predicted molar refractivity (Wildman–Crippen MR) is 78.2 cm³/mol. The average Bonchev–Trinajstić information content (AvgIpc) is 2.83. The molecule has 1 rings (SSSR count). The van der Waals surface area contributed by atoms with Gasteiger partial charge in [0.25, 0.3) is 17.7 Å². The van der Waals surface area contributed by atoms with Gasteiger partial charge in [0.2, 0.25) is 6.41 Å². The van der Waals surface area contributed by atoms with Crippen LogP contribution < -0.4 is 0 Å². The Morgan fingerprint density at radius 1 is 1.17 bits per heavy atom. The molecule has 0 unspecified atom stereocenters. The van der Waals surface area contributed by atoms with Gasteiger partial charge in [-0.2, -0.15) is 0 Å². The summed E-state index contributed by atoms with van der Waals surface area (Å²) in [6, 6.07) is 0. The molecule has 23 heavy (non-hydrogen) atoms. The molecule has 0 aromatic heterocycles. The molecule has 126 valence electrons. The number of imide groups is 2. The van der Waals surface area contributed by atoms with Crippen molar-refractivity contribution in [1.29, 1.82) is 0 Å². The van der Waals surface area contributed by atoms with Gasteiger partial charge in [-0.05, 0) is 25.8 Å². The summed E-state index contributed by atoms with van der Waals surface area (Å²) in [5.74, 6) is -2.04. The van der Waals surface area contributed by atoms with Crippen LogP contribution in [0.5, 0.6) is 0 Å². The van der Waals surface area contributed by atoms with Crippen molar-refractivity contribution in [2.75, 3.05) is 6.54 Å². The molecule has 8 heteroatoms. The number of nitrogens with zero attached hydrogens (tertiary/aromatic N) is 2. The van der Waals surface area contributed by atoms with E-state index in [1.807, 2.05) is 0 Å². The lowest BCUT2D eigenvalue weighted by molar-refractivity contribution is -0.197. The van der Waals surface area contributed by atoms with Gasteiger partial charge in [-0.1, -0.05) is 12.5 Å². The number of rotatable bonds is 9. The Kier molecular flexibility index (Phi) is 7.65. The normalized spacial score (nSPS) is 14.4. The second-order valence-electron chi connectivity index (χ2n) is 4.99. The highest BCUT2D eigenvalue weighted by Gasteiger charge is 2.32. The van der Waals surface area contributed by atoms with E-state index >= 15 is 0 Å². The Morgan fingerprint density at radius 2 is 1.83 bits per heavy atom. The molecule has 1 heterocycles. The van der Waals surface area contributed by atoms with Crippen LogP contribution in [0.4, 0.5) is 0 Å². The van der Waals surface area contributed by atoms with Gasteiger partial charge in [-0.15, -0.1) is 5.06 Å². The zero-order chi connectivity index (χ0) is 17.2. The van der Waals surface area contributed by atoms with Crippen LogP contribution in [0, 0.1) is 0 Å². The number of hydroxylamine groups is 2. The van der Waals surface area contributed by atoms with Crippen LogP contribution in [0.15, 0.2) is 12.2 Å². The number of hydrogen-bond acceptors (Lipinski definition) is 6. The number of amides is 4. The van der Waals surface area contributed by atoms with Crippen molar-refractivity contribution in [2.24, 2.45) is 0 Å². The summed E-state index contributed by atoms with van der Waals surface area (Å²) in [4.78, 5) is 62.1. The number of allylic oxidation sites excluding steroid dienone is 1. The van der Waals surface area contributed by atoms with Crippen LogP contribution in [0.2, 0.25) is 0 Å². The van der Waals surface area contributed by atoms with E-state index in [1.54, 1.807) is 13.0 Å². The zero-order valence-corrected chi connectivity index (χ0v) is 13.0. The lowest BCUT2D eigenvalue weighted by Gasteiger charge is -2.13. The largest absolute Gasteiger partial charge is 0.333 e. The van der Waals surface area contributed by atoms with Crippen LogP contribution in [-0.4, -0.2) is 46.6 Å². The molecule has 0 saturated carbocycles. The van der Waals surface area contributed by atoms with Crippen LogP contribution in [0.1, 0.15) is 45.4 Å². The summed E-state index contributed by atoms with van der Waals surface area (Å²) in [5, 5.41) is 0.520. The Balaban J connectivity index is 2.20. The quantitative estimate of drug-likeness (QED) is 0.268. The molecule has 1 aliphatic rings. The minimum Gasteiger partial charge on any atom is -0.330 e. The molecule has 1 fully saturated rings. The maximum atomic E-state index is 11.5. The topological polar surface area (TPSA) is 101 Å². The van der Waals surface area contributed by atoms with Gasteiger partial charge in [0.05, 0.1) is 0 Å². The smallest absolute Gasteiger partial charge is 0.330 e. The number of carbonyl (C=O) groups is 5. The van der Waals surface area contributed by atoms with E-state index in [0.717, 1.165) is 4.90 Å². The molecule has 0 aliphatic carbocycles. The second kappa shape index (κ2) is 9.50. The van der Waals surface area contributed by atoms with Gasteiger partial charge in [-0.3, -0.25) is 24.1 Å². The number of hydrogen-bond donors (Lipinski definition) is 0. The van der Waals surface area contributed by atoms with E-state index in [0.29, 0.717) is 30.7 Å². The van der Waals surface area contributed by atoms with Crippen molar-refractivity contribution < 1.29 is 28.8 Å². The molecule has 0 spiro atoms. The molecule has 1 saturated heterocycles. The standard InChI is InChI=1S/C15H20N2O6/c1-2-6-12(19)16(11-18)10-5-3-4-7-15(22)23-17-13(20)8-9-14(17)21/h2,6,11H,3-5,7-10H2,1H3/b6-2-. The number of unbranched alkanes of at least 4 members (excludes halogenated alkanes) is 2. The van der Waals surface area contributed by atoms with Gasteiger partial charge in [0.1, 0.15) is 0 Å². The first-order chi connectivity index (χ1) is 11.0. The molecule has 0 bridgehead atoms. The SMILES string of the molecule is C/C=C\C(=O)N(C=O)CCCCCC(=O)ON1C(=O)CCC1=O. The Bertz CT molecular complexity index is 498. The maximum absolute atomic E-state index is 11.5. The van der Waals surface area contributed by atoms with Crippen molar-refractivity contribution in [3.8, 4) is 0 Å². The first-order valence-electron chi connectivity index (χ1n) is 7.44. The van der Waals surface area contributed by atoms with Crippen molar-refractivity contribution in [3.05, 3.63) is 12.2 Å². The summed E-state index contributed by atoms with van der Waals surface area (Å²) in [6.45, 7) is 1.95. The molecule has 1 aliphatic heterocycles. The lowest BCUT2D eigenvalue weighted by atomic mass is 10.2. The summed E-state index contributed by atoms with van der Waals surface area (Å²) in [7, 11) is 0. The summed E-state index contributed by atoms with van der Waals surface area (Å²) < 4.78 is 0. The molecule has 0 radical (unpaired) electrons. The van der Waals surface area contributed by atoms with Crippen molar-refractivity contribution in [1.82, 2.24) is 9.96 Å². The van der Waals surface area contributed by atoms with Crippen LogP contribution in [-0.2, 0) is 28.8 Å². The first kappa shape index (κ1) is 18.5. The summed E-state index contributed by atoms with van der Waals surface area (Å²) >= 11 is 0. The highest BCUT2D eigenvalue weighted by atomic mass is 16.7. The molecule has 0 atom stereocenters. The van der Waals surface area contributed by atoms with Crippen molar-refractivity contribution in [3.63, 3.8) is 0 Å². The third kappa shape index (κ3) is 6.01. The van der Waals surface area contributed by atoms with Gasteiger partial charge in [0.15, 0.2) is 0 Å². The molecule has 4 amide bonds. The van der Waals surface area contributed by atoms with E-state index in [4.69, 9.17) is 4.84 Å². The highest BCUT2D eigenvalue weighted by molar-refractivity contribution is 6.01. The Hall–Kier alpha value is -2.51. The Morgan fingerprint density at radius 3 is 2.39 bits per heavy atom. The first-order valence-corrected chi connectivity index (χ1v) is 7.44. The van der Waals surface area contributed by atoms with Crippen LogP contribution >= 0.6 is 0 Å². The number of carbonyl (C=O) groups excluding carboxylic acids is 5. The lowest BCUT2D eigenvalue weighted by Crippen LogP contribution is -2.32. The molecule has 0 aromatic carbocycles. The van der Waals surface area contributed by atoms with E-state index in [9.17, 15) is 24.0 Å². The summed E-state index contributed by atoms with van der Waals surface area (Å²) in [6.07, 6.45) is 5.14. The van der Waals surface area contributed by atoms with Crippen molar-refractivity contribution >= 4 is 30.1 Å². The molecular weight excluding hydrogens is 304 g/mol. The monoisotopic (exact) mass is 324 g/mol. The van der Waals surface area contributed by atoms with E-state index < -0.39 is 17.8 Å². The van der Waals surface area contributed by atoms with E-state index in [1.165, 1.54) is 6.08 Å². The van der Waals surface area contributed by atoms with Gasteiger partial charge in [-0.25, -0.2) is 4.79 Å². The van der Waals surface area contributed by atoms with Gasteiger partial charge < -0.3 is 4.84 Å². The molecule has 0 aromatic rings. The predicted octanol–water partition coefficient (Wildman–Crippen LogP) is 0.715. The third-order valence-corrected chi connectivity index (χ3v) is 3.20. The van der Waals surface area contributed by atoms with Crippen molar-refractivity contribution in [2.45, 2.75) is 45.4 Å². The molecule has 0 N–H and O–H groups in total. The fourth-order valence-corrected chi connectivity index (χ4v) is 1.99. The Labute approximate surface area is 134 Å². The van der Waals surface area contributed by atoms with Gasteiger partial charge in [0, 0.05) is 25.8 Å². The fourth-order valence-electron chi connectivity index (χ4n) is 1.99. The molecule has 8 nitrogen and oxygen atoms in total. The summed E-state index contributed by atoms with van der Waals surface area (Å²) in [5.41, 5.74) is 0. The second-order valence-corrected chi connectivity index (χ2v) is 4.99. The van der Waals surface area contributed by atoms with Gasteiger partial charge >= 0.3 is 5.97 Å². The average molecular weight is 324 g/mol. The third-order valence-electron chi connectivity index (χ3n) is 3.20. The highest BCUT2D eigenvalue weighted by Crippen LogP contribution is 2.13. The minimum absolute atomic E-state index is 0.0565. The fraction of sp³-hybridized carbons (Fsp3) is 0.533. The van der Waals surface area contributed by atoms with Crippen LogP contribution in [0.25, 0.3) is 0 Å². The maximum Gasteiger partial charge on any atom is 0.333 e. The zero-order valence-electron chi connectivity index (χ0n) is 13.0. The minimum atomic E-state index is -0.647. The van der Waals surface area contributed by atoms with E-state index in [2.05, 4.69) is 0 Å². The van der Waals surface area contributed by atoms with E-state index in [-0.39, 0.29) is 31.7 Å². The van der Waals surface area contributed by atoms with Crippen LogP contribution in [0.3, 0.4) is 0 Å². The molecular formula is C15H20N2O6.